The molecule has 296 valence electrons. The molecule has 0 atom stereocenters. The highest BCUT2D eigenvalue weighted by molar-refractivity contribution is 6.26. The molecular formula is C60H36N4. The summed E-state index contributed by atoms with van der Waals surface area (Å²) in [6.07, 6.45) is 0. The molecule has 1 aliphatic heterocycles. The van der Waals surface area contributed by atoms with Crippen molar-refractivity contribution in [3.05, 3.63) is 218 Å². The van der Waals surface area contributed by atoms with Crippen LogP contribution in [-0.4, -0.2) is 14.5 Å². The van der Waals surface area contributed by atoms with E-state index in [1.54, 1.807) is 0 Å². The van der Waals surface area contributed by atoms with Crippen LogP contribution in [0.1, 0.15) is 0 Å². The van der Waals surface area contributed by atoms with Crippen LogP contribution in [-0.2, 0) is 0 Å². The summed E-state index contributed by atoms with van der Waals surface area (Å²) in [4.78, 5) is 13.2. The summed E-state index contributed by atoms with van der Waals surface area (Å²) in [5.74, 6) is 0.716. The Balaban J connectivity index is 1.03. The molecule has 0 fully saturated rings. The largest absolute Gasteiger partial charge is 0.306 e. The van der Waals surface area contributed by atoms with E-state index in [4.69, 9.17) is 9.97 Å². The van der Waals surface area contributed by atoms with Gasteiger partial charge in [0.15, 0.2) is 5.82 Å². The molecule has 11 aromatic carbocycles. The first-order valence-electron chi connectivity index (χ1n) is 21.9. The Kier molecular flexibility index (Phi) is 7.36. The number of para-hydroxylation sites is 4. The molecular weight excluding hydrogens is 777 g/mol. The lowest BCUT2D eigenvalue weighted by molar-refractivity contribution is 1.11. The van der Waals surface area contributed by atoms with Gasteiger partial charge in [-0.15, -0.1) is 0 Å². The highest BCUT2D eigenvalue weighted by Crippen LogP contribution is 2.52. The Morgan fingerprint density at radius 3 is 1.89 bits per heavy atom. The van der Waals surface area contributed by atoms with Gasteiger partial charge in [0.05, 0.1) is 39.3 Å². The van der Waals surface area contributed by atoms with Crippen molar-refractivity contribution >= 4 is 92.9 Å². The van der Waals surface area contributed by atoms with Gasteiger partial charge >= 0.3 is 0 Å². The second kappa shape index (κ2) is 13.4. The smallest absolute Gasteiger partial charge is 0.161 e. The van der Waals surface area contributed by atoms with Crippen LogP contribution in [0.2, 0.25) is 0 Å². The number of nitrogens with zero attached hydrogens (tertiary/aromatic N) is 4. The van der Waals surface area contributed by atoms with Gasteiger partial charge in [0, 0.05) is 33.0 Å². The van der Waals surface area contributed by atoms with E-state index in [1.165, 1.54) is 59.8 Å². The third kappa shape index (κ3) is 5.11. The molecule has 0 aliphatic carbocycles. The summed E-state index contributed by atoms with van der Waals surface area (Å²) in [5, 5.41) is 13.1. The minimum absolute atomic E-state index is 0.716. The summed E-state index contributed by atoms with van der Waals surface area (Å²) < 4.78 is 2.49. The van der Waals surface area contributed by atoms with E-state index in [0.29, 0.717) is 5.82 Å². The molecule has 0 N–H and O–H groups in total. The molecule has 0 amide bonds. The molecule has 64 heavy (non-hydrogen) atoms. The Hall–Kier alpha value is -8.60. The van der Waals surface area contributed by atoms with Crippen molar-refractivity contribution in [3.63, 3.8) is 0 Å². The monoisotopic (exact) mass is 812 g/mol. The van der Waals surface area contributed by atoms with E-state index in [-0.39, 0.29) is 0 Å². The molecule has 4 heteroatoms. The lowest BCUT2D eigenvalue weighted by Gasteiger charge is -2.33. The quantitative estimate of drug-likeness (QED) is 0.166. The molecule has 0 unspecified atom stereocenters. The zero-order valence-electron chi connectivity index (χ0n) is 34.6. The van der Waals surface area contributed by atoms with Gasteiger partial charge in [0.1, 0.15) is 0 Å². The van der Waals surface area contributed by atoms with Crippen molar-refractivity contribution < 1.29 is 0 Å². The van der Waals surface area contributed by atoms with E-state index < -0.39 is 0 Å². The minimum atomic E-state index is 0.716. The van der Waals surface area contributed by atoms with Crippen LogP contribution < -0.4 is 4.90 Å². The fourth-order valence-corrected chi connectivity index (χ4v) is 10.5. The highest BCUT2D eigenvalue weighted by atomic mass is 15.2. The summed E-state index contributed by atoms with van der Waals surface area (Å²) in [5.41, 5.74) is 13.3. The summed E-state index contributed by atoms with van der Waals surface area (Å²) in [6.45, 7) is 0. The van der Waals surface area contributed by atoms with Crippen molar-refractivity contribution in [2.75, 3.05) is 4.90 Å². The first-order valence-corrected chi connectivity index (χ1v) is 21.9. The van der Waals surface area contributed by atoms with Crippen LogP contribution in [0, 0.1) is 0 Å². The topological polar surface area (TPSA) is 34.0 Å². The number of hydrogen-bond acceptors (Lipinski definition) is 3. The second-order valence-corrected chi connectivity index (χ2v) is 16.9. The van der Waals surface area contributed by atoms with Crippen molar-refractivity contribution in [2.45, 2.75) is 0 Å². The first kappa shape index (κ1) is 35.0. The molecule has 0 spiro atoms. The molecule has 4 nitrogen and oxygen atoms in total. The number of rotatable bonds is 4. The predicted molar refractivity (Wildman–Crippen MR) is 268 cm³/mol. The van der Waals surface area contributed by atoms with Gasteiger partial charge in [-0.05, 0) is 121 Å². The lowest BCUT2D eigenvalue weighted by Crippen LogP contribution is -2.18. The summed E-state index contributed by atoms with van der Waals surface area (Å²) in [7, 11) is 0. The Bertz CT molecular complexity index is 4090. The van der Waals surface area contributed by atoms with Gasteiger partial charge in [0.25, 0.3) is 0 Å². The molecule has 0 saturated carbocycles. The predicted octanol–water partition coefficient (Wildman–Crippen LogP) is 16.1. The van der Waals surface area contributed by atoms with Crippen molar-refractivity contribution in [2.24, 2.45) is 0 Å². The van der Waals surface area contributed by atoms with Crippen LogP contribution in [0.5, 0.6) is 0 Å². The first-order chi connectivity index (χ1) is 31.7. The van der Waals surface area contributed by atoms with Gasteiger partial charge in [-0.2, -0.15) is 0 Å². The highest BCUT2D eigenvalue weighted by Gasteiger charge is 2.30. The Morgan fingerprint density at radius 2 is 1.02 bits per heavy atom. The van der Waals surface area contributed by atoms with E-state index in [1.807, 2.05) is 0 Å². The van der Waals surface area contributed by atoms with E-state index in [2.05, 4.69) is 228 Å². The van der Waals surface area contributed by atoms with Crippen LogP contribution in [0.4, 0.5) is 17.1 Å². The molecule has 0 radical (unpaired) electrons. The van der Waals surface area contributed by atoms with Crippen molar-refractivity contribution in [3.8, 4) is 39.5 Å². The molecule has 1 aliphatic rings. The SMILES string of the molecule is c1ccc(N2c3ccccc3-n3c4ccc5ccccc5c4c4cc(-c5ccc6c(-c7nc(-c8ccc9ccccc9c8)c8ccccc8n7)cc7ccccc7c6c5)cc2c43)cc1. The van der Waals surface area contributed by atoms with Gasteiger partial charge in [0.2, 0.25) is 0 Å². The van der Waals surface area contributed by atoms with Crippen molar-refractivity contribution in [1.29, 1.82) is 0 Å². The number of fused-ring (bicyclic) bond motifs is 12. The standard InChI is InChI=1S/C60H36N4/c1-2-18-44(19-3-1)63-53-24-12-13-25-54(53)64-55-31-29-38-15-6-9-21-46(38)57(55)51-35-43(36-56(63)59(51)64)40-28-30-47-49(33-40)45-20-8-7-17-41(45)34-50(47)60-61-52-23-11-10-22-48(52)58(62-60)42-27-26-37-14-4-5-16-39(37)32-42/h1-36H. The number of aromatic nitrogens is 3. The van der Waals surface area contributed by atoms with E-state index in [9.17, 15) is 0 Å². The van der Waals surface area contributed by atoms with Crippen LogP contribution in [0.3, 0.4) is 0 Å². The number of benzene rings is 11. The average Bonchev–Trinajstić information content (AvgIpc) is 3.71. The average molecular weight is 813 g/mol. The Morgan fingerprint density at radius 1 is 0.344 bits per heavy atom. The Labute approximate surface area is 368 Å². The molecule has 0 bridgehead atoms. The zero-order chi connectivity index (χ0) is 41.9. The van der Waals surface area contributed by atoms with E-state index >= 15 is 0 Å². The third-order valence-electron chi connectivity index (χ3n) is 13.4. The van der Waals surface area contributed by atoms with Gasteiger partial charge in [-0.3, -0.25) is 0 Å². The van der Waals surface area contributed by atoms with Crippen LogP contribution >= 0.6 is 0 Å². The third-order valence-corrected chi connectivity index (χ3v) is 13.4. The van der Waals surface area contributed by atoms with Crippen molar-refractivity contribution in [1.82, 2.24) is 14.5 Å². The molecule has 3 heterocycles. The number of hydrogen-bond donors (Lipinski definition) is 0. The van der Waals surface area contributed by atoms with E-state index in [0.717, 1.165) is 66.7 Å². The van der Waals surface area contributed by atoms with Crippen LogP contribution in [0.15, 0.2) is 218 Å². The maximum Gasteiger partial charge on any atom is 0.161 e. The normalized spacial score (nSPS) is 12.3. The lowest BCUT2D eigenvalue weighted by atomic mass is 9.92. The summed E-state index contributed by atoms with van der Waals surface area (Å²) in [6, 6.07) is 79.3. The fraction of sp³-hybridized carbons (Fsp3) is 0. The van der Waals surface area contributed by atoms with Crippen LogP contribution in [0.25, 0.3) is 115 Å². The van der Waals surface area contributed by atoms with Gasteiger partial charge in [-0.25, -0.2) is 9.97 Å². The van der Waals surface area contributed by atoms with Gasteiger partial charge < -0.3 is 9.47 Å². The summed E-state index contributed by atoms with van der Waals surface area (Å²) >= 11 is 0. The maximum atomic E-state index is 5.44. The number of anilines is 3. The molecule has 14 rings (SSSR count). The minimum Gasteiger partial charge on any atom is -0.306 e. The molecule has 2 aromatic heterocycles. The second-order valence-electron chi connectivity index (χ2n) is 16.9. The zero-order valence-corrected chi connectivity index (χ0v) is 34.6. The molecule has 0 saturated heterocycles. The van der Waals surface area contributed by atoms with Gasteiger partial charge in [-0.1, -0.05) is 152 Å². The fourth-order valence-electron chi connectivity index (χ4n) is 10.5. The molecule has 13 aromatic rings. The maximum absolute atomic E-state index is 5.44.